The van der Waals surface area contributed by atoms with Gasteiger partial charge in [0.1, 0.15) is 23.1 Å². The molecule has 1 amide bonds. The Hall–Kier alpha value is -4.88. The van der Waals surface area contributed by atoms with Crippen molar-refractivity contribution in [2.24, 2.45) is 7.05 Å². The van der Waals surface area contributed by atoms with Crippen molar-refractivity contribution < 1.29 is 36.6 Å². The zero-order valence-corrected chi connectivity index (χ0v) is 26.8. The maximum absolute atomic E-state index is 15.1. The molecule has 2 aromatic carbocycles. The normalized spacial score (nSPS) is 15.0. The van der Waals surface area contributed by atoms with Crippen LogP contribution in [-0.4, -0.2) is 49.4 Å². The Morgan fingerprint density at radius 1 is 1.00 bits per heavy atom. The third kappa shape index (κ3) is 6.60. The Morgan fingerprint density at radius 2 is 1.71 bits per heavy atom. The highest BCUT2D eigenvalue weighted by molar-refractivity contribution is 6.09. The minimum Gasteiger partial charge on any atom is -0.394 e. The molecule has 13 heteroatoms. The van der Waals surface area contributed by atoms with Gasteiger partial charge in [-0.25, -0.2) is 13.8 Å². The predicted molar refractivity (Wildman–Crippen MR) is 175 cm³/mol. The number of anilines is 1. The van der Waals surface area contributed by atoms with Crippen molar-refractivity contribution in [3.05, 3.63) is 101 Å². The zero-order chi connectivity index (χ0) is 35.1. The van der Waals surface area contributed by atoms with E-state index in [9.17, 15) is 27.9 Å². The quantitative estimate of drug-likeness (QED) is 0.0877. The fourth-order valence-electron chi connectivity index (χ4n) is 6.57. The van der Waals surface area contributed by atoms with Gasteiger partial charge in [-0.3, -0.25) is 9.59 Å². The highest BCUT2D eigenvalue weighted by Crippen LogP contribution is 2.41. The van der Waals surface area contributed by atoms with Crippen LogP contribution in [0.15, 0.2) is 66.9 Å². The number of amides is 1. The molecule has 0 bridgehead atoms. The second-order valence-corrected chi connectivity index (χ2v) is 12.4. The second kappa shape index (κ2) is 13.2. The summed E-state index contributed by atoms with van der Waals surface area (Å²) in [4.78, 5) is 30.4. The van der Waals surface area contributed by atoms with Gasteiger partial charge in [0, 0.05) is 42.5 Å². The number of fused-ring (bicyclic) bond motifs is 2. The molecule has 0 unspecified atom stereocenters. The van der Waals surface area contributed by atoms with E-state index in [0.29, 0.717) is 16.9 Å². The van der Waals surface area contributed by atoms with Gasteiger partial charge in [0.15, 0.2) is 0 Å². The largest absolute Gasteiger partial charge is 0.417 e. The summed E-state index contributed by atoms with van der Waals surface area (Å²) in [6.07, 6.45) is 4.10. The number of rotatable bonds is 9. The molecule has 0 saturated heterocycles. The van der Waals surface area contributed by atoms with Gasteiger partial charge in [-0.05, 0) is 67.8 Å². The molecule has 0 radical (unpaired) electrons. The molecular weight excluding hydrogens is 645 g/mol. The number of aromatic nitrogens is 3. The number of nitrogens with zero attached hydrogens (tertiary/aromatic N) is 3. The molecule has 1 saturated carbocycles. The Bertz CT molecular complexity index is 2080. The van der Waals surface area contributed by atoms with E-state index in [1.807, 2.05) is 0 Å². The van der Waals surface area contributed by atoms with Crippen LogP contribution in [0.1, 0.15) is 59.5 Å². The number of aliphatic hydroxyl groups is 1. The lowest BCUT2D eigenvalue weighted by molar-refractivity contribution is -0.137. The van der Waals surface area contributed by atoms with Crippen molar-refractivity contribution >= 4 is 33.9 Å². The number of carbonyl (C=O) groups excluding carboxylic acids is 2. The fraction of sp³-hybridized carbons (Fsp3) is 0.306. The highest BCUT2D eigenvalue weighted by atomic mass is 19.4. The number of halogens is 5. The first-order chi connectivity index (χ1) is 23.3. The molecule has 3 N–H and O–H groups in total. The summed E-state index contributed by atoms with van der Waals surface area (Å²) >= 11 is 0. The van der Waals surface area contributed by atoms with Crippen molar-refractivity contribution in [2.45, 2.75) is 50.7 Å². The molecule has 0 spiro atoms. The molecule has 5 aromatic rings. The Labute approximate surface area is 278 Å². The summed E-state index contributed by atoms with van der Waals surface area (Å²) in [6.45, 7) is 1.93. The molecule has 49 heavy (non-hydrogen) atoms. The molecule has 8 nitrogen and oxygen atoms in total. The van der Waals surface area contributed by atoms with E-state index in [-0.39, 0.29) is 41.1 Å². The summed E-state index contributed by atoms with van der Waals surface area (Å²) < 4.78 is 76.1. The molecule has 6 rings (SSSR count). The van der Waals surface area contributed by atoms with Gasteiger partial charge in [0.05, 0.1) is 34.4 Å². The lowest BCUT2D eigenvalue weighted by atomic mass is 9.82. The van der Waals surface area contributed by atoms with Crippen LogP contribution < -0.4 is 10.6 Å². The lowest BCUT2D eigenvalue weighted by Crippen LogP contribution is -2.49. The van der Waals surface area contributed by atoms with Crippen molar-refractivity contribution in [3.63, 3.8) is 0 Å². The summed E-state index contributed by atoms with van der Waals surface area (Å²) in [7, 11) is 1.63. The fourth-order valence-corrected chi connectivity index (χ4v) is 6.57. The van der Waals surface area contributed by atoms with Gasteiger partial charge in [0.25, 0.3) is 0 Å². The number of hydrogen-bond donors (Lipinski definition) is 3. The zero-order valence-electron chi connectivity index (χ0n) is 26.8. The number of aliphatic hydroxyl groups excluding tert-OH is 1. The minimum absolute atomic E-state index is 0.0321. The minimum atomic E-state index is -4.70. The van der Waals surface area contributed by atoms with Crippen LogP contribution in [0.2, 0.25) is 0 Å². The van der Waals surface area contributed by atoms with Gasteiger partial charge in [-0.2, -0.15) is 13.2 Å². The van der Waals surface area contributed by atoms with Crippen molar-refractivity contribution in [3.8, 4) is 11.1 Å². The topological polar surface area (TPSA) is 101 Å². The van der Waals surface area contributed by atoms with Gasteiger partial charge >= 0.3 is 6.18 Å². The standard InChI is InChI=1S/C36H34F5N5O3/c1-21-43-28-18-24(25(36(39,40)41)19-31(28)45(21)2)23-8-7-15-46-29(23)10-11-30(46)34(49)22-16-26(37)33(27(38)17-22)44-32(48)9-6-14-42-35(20-47)12-4-3-5-13-35/h6-11,15-19,42,47H,3-5,12-14,20H2,1-2H3,(H,44,48)/b9-6+. The maximum Gasteiger partial charge on any atom is 0.417 e. The Balaban J connectivity index is 1.24. The maximum atomic E-state index is 15.1. The van der Waals surface area contributed by atoms with Crippen LogP contribution in [0.25, 0.3) is 27.7 Å². The van der Waals surface area contributed by atoms with Crippen LogP contribution in [0.4, 0.5) is 27.6 Å². The van der Waals surface area contributed by atoms with E-state index in [1.54, 1.807) is 18.5 Å². The summed E-state index contributed by atoms with van der Waals surface area (Å²) in [5.74, 6) is -3.40. The first-order valence-electron chi connectivity index (χ1n) is 15.8. The number of ketones is 1. The van der Waals surface area contributed by atoms with Crippen LogP contribution >= 0.6 is 0 Å². The van der Waals surface area contributed by atoms with E-state index in [2.05, 4.69) is 15.6 Å². The second-order valence-electron chi connectivity index (χ2n) is 12.4. The third-order valence-electron chi connectivity index (χ3n) is 9.29. The van der Waals surface area contributed by atoms with Crippen LogP contribution in [0.5, 0.6) is 0 Å². The third-order valence-corrected chi connectivity index (χ3v) is 9.29. The molecular formula is C36H34F5N5O3. The smallest absolute Gasteiger partial charge is 0.394 e. The molecule has 3 heterocycles. The first kappa shape index (κ1) is 34.0. The van der Waals surface area contributed by atoms with Gasteiger partial charge in [-0.1, -0.05) is 31.4 Å². The van der Waals surface area contributed by atoms with Crippen LogP contribution in [-0.2, 0) is 18.0 Å². The predicted octanol–water partition coefficient (Wildman–Crippen LogP) is 7.11. The molecule has 0 aliphatic heterocycles. The average Bonchev–Trinajstić information content (AvgIpc) is 3.63. The SMILES string of the molecule is Cc1nc2cc(-c3cccn4c(C(=O)c5cc(F)c(NC(=O)/C=C/CNC6(CO)CCCCC6)c(F)c5)ccc34)c(C(F)(F)F)cc2n1C. The summed E-state index contributed by atoms with van der Waals surface area (Å²) in [5.41, 5.74) is -1.42. The van der Waals surface area contributed by atoms with E-state index >= 15 is 8.78 Å². The molecule has 0 atom stereocenters. The monoisotopic (exact) mass is 679 g/mol. The van der Waals surface area contributed by atoms with Gasteiger partial charge in [0.2, 0.25) is 11.7 Å². The van der Waals surface area contributed by atoms with Crippen LogP contribution in [0.3, 0.4) is 0 Å². The number of hydrogen-bond acceptors (Lipinski definition) is 5. The van der Waals surface area contributed by atoms with Gasteiger partial charge in [-0.15, -0.1) is 0 Å². The number of carbonyl (C=O) groups is 2. The Kier molecular flexibility index (Phi) is 9.16. The number of imidazole rings is 1. The summed E-state index contributed by atoms with van der Waals surface area (Å²) in [6, 6.07) is 9.82. The Morgan fingerprint density at radius 3 is 2.39 bits per heavy atom. The molecule has 3 aromatic heterocycles. The van der Waals surface area contributed by atoms with E-state index < -0.39 is 46.3 Å². The number of aryl methyl sites for hydroxylation is 2. The number of benzene rings is 2. The van der Waals surface area contributed by atoms with Crippen molar-refractivity contribution in [1.29, 1.82) is 0 Å². The van der Waals surface area contributed by atoms with Gasteiger partial charge < -0.3 is 24.7 Å². The van der Waals surface area contributed by atoms with Crippen molar-refractivity contribution in [2.75, 3.05) is 18.5 Å². The highest BCUT2D eigenvalue weighted by Gasteiger charge is 2.35. The molecule has 1 aliphatic rings. The molecule has 256 valence electrons. The number of nitrogens with one attached hydrogen (secondary N) is 2. The van der Waals surface area contributed by atoms with E-state index in [0.717, 1.165) is 56.4 Å². The van der Waals surface area contributed by atoms with Crippen molar-refractivity contribution in [1.82, 2.24) is 19.3 Å². The summed E-state index contributed by atoms with van der Waals surface area (Å²) in [5, 5.41) is 15.2. The van der Waals surface area contributed by atoms with E-state index in [4.69, 9.17) is 0 Å². The molecule has 1 aliphatic carbocycles. The van der Waals surface area contributed by atoms with Crippen LogP contribution in [0, 0.1) is 18.6 Å². The average molecular weight is 680 g/mol. The first-order valence-corrected chi connectivity index (χ1v) is 15.8. The number of alkyl halides is 3. The lowest BCUT2D eigenvalue weighted by Gasteiger charge is -2.36. The number of pyridine rings is 1. The van der Waals surface area contributed by atoms with E-state index in [1.165, 1.54) is 47.0 Å². The molecule has 1 fully saturated rings.